The molecular weight excluding hydrogens is 284 g/mol. The maximum absolute atomic E-state index is 11.7. The number of benzene rings is 3. The predicted octanol–water partition coefficient (Wildman–Crippen LogP) is 4.74. The zero-order chi connectivity index (χ0) is 16.3. The topological polar surface area (TPSA) is 37.3 Å². The molecule has 3 rings (SSSR count). The highest BCUT2D eigenvalue weighted by Gasteiger charge is 2.34. The van der Waals surface area contributed by atoms with Gasteiger partial charge in [0.15, 0.2) is 0 Å². The third-order valence-electron chi connectivity index (χ3n) is 4.40. The molecule has 0 aromatic heterocycles. The van der Waals surface area contributed by atoms with E-state index in [4.69, 9.17) is 0 Å². The van der Waals surface area contributed by atoms with Crippen LogP contribution in [0, 0.1) is 0 Å². The lowest BCUT2D eigenvalue weighted by Crippen LogP contribution is -2.27. The minimum atomic E-state index is -0.904. The molecule has 0 aliphatic carbocycles. The molecule has 0 spiro atoms. The average molecular weight is 302 g/mol. The van der Waals surface area contributed by atoms with Crippen LogP contribution in [0.25, 0.3) is 0 Å². The van der Waals surface area contributed by atoms with Crippen LogP contribution in [0.5, 0.6) is 0 Å². The summed E-state index contributed by atoms with van der Waals surface area (Å²) in [5.41, 5.74) is 2.74. The molecule has 0 aliphatic rings. The molecule has 0 saturated heterocycles. The summed E-state index contributed by atoms with van der Waals surface area (Å²) in [7, 11) is 0. The summed E-state index contributed by atoms with van der Waals surface area (Å²) >= 11 is 0. The van der Waals surface area contributed by atoms with E-state index in [9.17, 15) is 9.90 Å². The van der Waals surface area contributed by atoms with Crippen molar-refractivity contribution in [2.75, 3.05) is 0 Å². The Kier molecular flexibility index (Phi) is 3.98. The van der Waals surface area contributed by atoms with Gasteiger partial charge in [0, 0.05) is 5.41 Å². The zero-order valence-electron chi connectivity index (χ0n) is 12.9. The fraction of sp³-hybridized carbons (Fsp3) is 0.0952. The number of hydrogen-bond acceptors (Lipinski definition) is 1. The monoisotopic (exact) mass is 302 g/mol. The molecule has 0 radical (unpaired) electrons. The summed E-state index contributed by atoms with van der Waals surface area (Å²) < 4.78 is 0. The molecule has 3 aromatic rings. The van der Waals surface area contributed by atoms with Crippen molar-refractivity contribution in [2.24, 2.45) is 0 Å². The van der Waals surface area contributed by atoms with E-state index in [-0.39, 0.29) is 0 Å². The normalized spacial score (nSPS) is 11.2. The lowest BCUT2D eigenvalue weighted by Gasteiger charge is -2.33. The van der Waals surface area contributed by atoms with Gasteiger partial charge in [0.1, 0.15) is 0 Å². The van der Waals surface area contributed by atoms with Crippen molar-refractivity contribution < 1.29 is 9.90 Å². The Balaban J connectivity index is 2.33. The molecule has 0 bridgehead atoms. The van der Waals surface area contributed by atoms with Gasteiger partial charge < -0.3 is 5.11 Å². The number of aromatic carboxylic acids is 1. The van der Waals surface area contributed by atoms with Crippen LogP contribution in [0.2, 0.25) is 0 Å². The van der Waals surface area contributed by atoms with Crippen molar-refractivity contribution in [2.45, 2.75) is 12.3 Å². The molecule has 0 atom stereocenters. The Labute approximate surface area is 136 Å². The summed E-state index contributed by atoms with van der Waals surface area (Å²) in [6.07, 6.45) is 0. The van der Waals surface area contributed by atoms with Gasteiger partial charge in [0.05, 0.1) is 5.56 Å². The fourth-order valence-electron chi connectivity index (χ4n) is 3.13. The van der Waals surface area contributed by atoms with Crippen LogP contribution in [-0.4, -0.2) is 11.1 Å². The molecule has 2 nitrogen and oxygen atoms in total. The van der Waals surface area contributed by atoms with Gasteiger partial charge in [0.2, 0.25) is 0 Å². The summed E-state index contributed by atoms with van der Waals surface area (Å²) in [6.45, 7) is 2.08. The quantitative estimate of drug-likeness (QED) is 0.707. The smallest absolute Gasteiger partial charge is 0.336 e. The van der Waals surface area contributed by atoms with Crippen molar-refractivity contribution in [3.8, 4) is 0 Å². The molecule has 114 valence electrons. The van der Waals surface area contributed by atoms with Crippen LogP contribution in [-0.2, 0) is 5.41 Å². The molecule has 0 fully saturated rings. The molecule has 0 aliphatic heterocycles. The molecule has 0 saturated carbocycles. The first-order chi connectivity index (χ1) is 11.1. The maximum Gasteiger partial charge on any atom is 0.336 e. The predicted molar refractivity (Wildman–Crippen MR) is 91.8 cm³/mol. The average Bonchev–Trinajstić information content (AvgIpc) is 2.62. The van der Waals surface area contributed by atoms with Gasteiger partial charge in [-0.15, -0.1) is 0 Å². The van der Waals surface area contributed by atoms with Gasteiger partial charge in [-0.25, -0.2) is 4.79 Å². The molecule has 23 heavy (non-hydrogen) atoms. The van der Waals surface area contributed by atoms with Crippen molar-refractivity contribution in [1.82, 2.24) is 0 Å². The minimum Gasteiger partial charge on any atom is -0.478 e. The third kappa shape index (κ3) is 2.64. The largest absolute Gasteiger partial charge is 0.478 e. The van der Waals surface area contributed by atoms with Crippen molar-refractivity contribution in [1.29, 1.82) is 0 Å². The second-order valence-electron chi connectivity index (χ2n) is 5.71. The van der Waals surface area contributed by atoms with Gasteiger partial charge in [-0.1, -0.05) is 78.9 Å². The first-order valence-electron chi connectivity index (χ1n) is 7.58. The van der Waals surface area contributed by atoms with E-state index in [0.29, 0.717) is 5.56 Å². The van der Waals surface area contributed by atoms with Gasteiger partial charge >= 0.3 is 5.97 Å². The molecule has 0 amide bonds. The Morgan fingerprint density at radius 2 is 1.17 bits per heavy atom. The van der Waals surface area contributed by atoms with Gasteiger partial charge in [-0.2, -0.15) is 0 Å². The van der Waals surface area contributed by atoms with Crippen LogP contribution < -0.4 is 0 Å². The van der Waals surface area contributed by atoms with E-state index in [2.05, 4.69) is 6.92 Å². The second-order valence-corrected chi connectivity index (χ2v) is 5.71. The van der Waals surface area contributed by atoms with Crippen LogP contribution in [0.4, 0.5) is 0 Å². The number of rotatable bonds is 4. The molecule has 2 heteroatoms. The van der Waals surface area contributed by atoms with Gasteiger partial charge in [0.25, 0.3) is 0 Å². The third-order valence-corrected chi connectivity index (χ3v) is 4.40. The Morgan fingerprint density at radius 3 is 1.65 bits per heavy atom. The minimum absolute atomic E-state index is 0.336. The highest BCUT2D eigenvalue weighted by Crippen LogP contribution is 2.40. The summed E-state index contributed by atoms with van der Waals surface area (Å²) in [5.74, 6) is -0.904. The lowest BCUT2D eigenvalue weighted by atomic mass is 9.69. The van der Waals surface area contributed by atoms with Gasteiger partial charge in [-0.3, -0.25) is 0 Å². The van der Waals surface area contributed by atoms with E-state index < -0.39 is 11.4 Å². The SMILES string of the molecule is CC(c1ccccc1)(c1ccccc1)c1ccccc1C(=O)O. The number of carboxylic acid groups (broad SMARTS) is 1. The Bertz CT molecular complexity index is 768. The van der Waals surface area contributed by atoms with Crippen molar-refractivity contribution in [3.63, 3.8) is 0 Å². The van der Waals surface area contributed by atoms with Crippen molar-refractivity contribution >= 4 is 5.97 Å². The van der Waals surface area contributed by atoms with E-state index in [1.54, 1.807) is 12.1 Å². The maximum atomic E-state index is 11.7. The summed E-state index contributed by atoms with van der Waals surface area (Å²) in [4.78, 5) is 11.7. The van der Waals surface area contributed by atoms with Crippen LogP contribution >= 0.6 is 0 Å². The van der Waals surface area contributed by atoms with Gasteiger partial charge in [-0.05, 0) is 29.7 Å². The molecule has 3 aromatic carbocycles. The molecule has 0 heterocycles. The summed E-state index contributed by atoms with van der Waals surface area (Å²) in [6, 6.07) is 27.3. The van der Waals surface area contributed by atoms with Crippen LogP contribution in [0.15, 0.2) is 84.9 Å². The first-order valence-corrected chi connectivity index (χ1v) is 7.58. The Morgan fingerprint density at radius 1 is 0.739 bits per heavy atom. The summed E-state index contributed by atoms with van der Waals surface area (Å²) in [5, 5.41) is 9.62. The van der Waals surface area contributed by atoms with E-state index in [1.807, 2.05) is 72.8 Å². The van der Waals surface area contributed by atoms with Crippen molar-refractivity contribution in [3.05, 3.63) is 107 Å². The highest BCUT2D eigenvalue weighted by atomic mass is 16.4. The second kappa shape index (κ2) is 6.09. The zero-order valence-corrected chi connectivity index (χ0v) is 12.9. The molecule has 1 N–H and O–H groups in total. The molecule has 0 unspecified atom stereocenters. The highest BCUT2D eigenvalue weighted by molar-refractivity contribution is 5.90. The van der Waals surface area contributed by atoms with E-state index >= 15 is 0 Å². The number of hydrogen-bond donors (Lipinski definition) is 1. The standard InChI is InChI=1S/C21H18O2/c1-21(16-10-4-2-5-11-16,17-12-6-3-7-13-17)19-15-9-8-14-18(19)20(22)23/h2-15H,1H3,(H,22,23). The van der Waals surface area contributed by atoms with Crippen LogP contribution in [0.3, 0.4) is 0 Å². The van der Waals surface area contributed by atoms with Crippen LogP contribution in [0.1, 0.15) is 34.0 Å². The van der Waals surface area contributed by atoms with E-state index in [1.165, 1.54) is 0 Å². The Hall–Kier alpha value is -2.87. The lowest BCUT2D eigenvalue weighted by molar-refractivity contribution is 0.0694. The number of carbonyl (C=O) groups is 1. The fourth-order valence-corrected chi connectivity index (χ4v) is 3.13. The molecular formula is C21H18O2. The first kappa shape index (κ1) is 15.0. The van der Waals surface area contributed by atoms with E-state index in [0.717, 1.165) is 16.7 Å². The number of carboxylic acids is 1.